The summed E-state index contributed by atoms with van der Waals surface area (Å²) in [5.41, 5.74) is 0.755. The molecule has 1 aromatic carbocycles. The molecule has 2 N–H and O–H groups in total. The Bertz CT molecular complexity index is 999. The number of carbonyl (C=O) groups is 1. The van der Waals surface area contributed by atoms with Crippen molar-refractivity contribution in [2.45, 2.75) is 24.2 Å². The number of carbonyl (C=O) groups excluding carboxylic acids is 1. The van der Waals surface area contributed by atoms with Crippen molar-refractivity contribution in [2.24, 2.45) is 0 Å². The van der Waals surface area contributed by atoms with Gasteiger partial charge in [-0.2, -0.15) is 9.71 Å². The van der Waals surface area contributed by atoms with Gasteiger partial charge in [0.15, 0.2) is 0 Å². The van der Waals surface area contributed by atoms with Gasteiger partial charge in [0.2, 0.25) is 27.1 Å². The number of nitrogens with one attached hydrogen (secondary N) is 2. The lowest BCUT2D eigenvalue weighted by Crippen LogP contribution is -2.23. The lowest BCUT2D eigenvalue weighted by Gasteiger charge is -1.99. The Labute approximate surface area is 152 Å². The maximum Gasteiger partial charge on any atom is 0.270 e. The quantitative estimate of drug-likeness (QED) is 0.573. The van der Waals surface area contributed by atoms with E-state index in [-0.39, 0.29) is 34.2 Å². The minimum atomic E-state index is -3.92. The average molecular weight is 394 g/mol. The van der Waals surface area contributed by atoms with E-state index in [2.05, 4.69) is 30.4 Å². The van der Waals surface area contributed by atoms with E-state index in [1.54, 1.807) is 6.92 Å². The number of aromatic nitrogens is 4. The van der Waals surface area contributed by atoms with E-state index in [0.717, 1.165) is 16.9 Å². The normalized spacial score (nSPS) is 11.4. The van der Waals surface area contributed by atoms with Crippen molar-refractivity contribution in [1.29, 1.82) is 0 Å². The lowest BCUT2D eigenvalue weighted by molar-refractivity contribution is -0.115. The molecular weight excluding hydrogens is 380 g/mol. The first-order valence-electron chi connectivity index (χ1n) is 7.49. The fourth-order valence-electron chi connectivity index (χ4n) is 1.83. The van der Waals surface area contributed by atoms with Gasteiger partial charge in [0.25, 0.3) is 10.0 Å². The molecule has 0 unspecified atom stereocenters. The van der Waals surface area contributed by atoms with Gasteiger partial charge in [0.05, 0.1) is 6.54 Å². The summed E-state index contributed by atoms with van der Waals surface area (Å²) < 4.78 is 31.6. The molecule has 12 heteroatoms. The van der Waals surface area contributed by atoms with Gasteiger partial charge < -0.3 is 9.84 Å². The van der Waals surface area contributed by atoms with Gasteiger partial charge in [-0.25, -0.2) is 8.42 Å². The molecule has 10 nitrogen and oxygen atoms in total. The van der Waals surface area contributed by atoms with E-state index in [1.165, 1.54) is 0 Å². The molecule has 0 saturated heterocycles. The third-order valence-electron chi connectivity index (χ3n) is 3.12. The maximum absolute atomic E-state index is 12.2. The van der Waals surface area contributed by atoms with Crippen LogP contribution in [0.3, 0.4) is 0 Å². The Morgan fingerprint density at radius 1 is 1.23 bits per heavy atom. The molecule has 0 aliphatic rings. The van der Waals surface area contributed by atoms with Gasteiger partial charge in [-0.1, -0.05) is 53.7 Å². The number of hydrogen-bond donors (Lipinski definition) is 2. The number of anilines is 1. The number of sulfonamides is 1. The molecule has 0 aliphatic heterocycles. The highest BCUT2D eigenvalue weighted by Gasteiger charge is 2.22. The Morgan fingerprint density at radius 3 is 2.73 bits per heavy atom. The van der Waals surface area contributed by atoms with Crippen molar-refractivity contribution >= 4 is 32.4 Å². The minimum absolute atomic E-state index is 0.108. The van der Waals surface area contributed by atoms with Crippen LogP contribution >= 0.6 is 11.3 Å². The molecule has 3 aromatic rings. The molecular formula is C14H14N6O4S2. The van der Waals surface area contributed by atoms with Gasteiger partial charge in [-0.3, -0.25) is 4.79 Å². The molecule has 26 heavy (non-hydrogen) atoms. The smallest absolute Gasteiger partial charge is 0.270 e. The second kappa shape index (κ2) is 7.68. The van der Waals surface area contributed by atoms with Crippen LogP contribution in [0.25, 0.3) is 11.4 Å². The summed E-state index contributed by atoms with van der Waals surface area (Å²) in [6.07, 6.45) is 0.251. The molecule has 0 aliphatic carbocycles. The van der Waals surface area contributed by atoms with Crippen LogP contribution in [0, 0.1) is 0 Å². The first-order valence-corrected chi connectivity index (χ1v) is 9.79. The highest BCUT2D eigenvalue weighted by Crippen LogP contribution is 2.20. The highest BCUT2D eigenvalue weighted by molar-refractivity contribution is 7.91. The molecule has 0 spiro atoms. The SMILES string of the molecule is CCC(=O)Nc1nnc(S(=O)(=O)NCc2nc(-c3ccccc3)no2)s1. The Morgan fingerprint density at radius 2 is 2.00 bits per heavy atom. The number of hydrogen-bond acceptors (Lipinski definition) is 9. The molecule has 136 valence electrons. The second-order valence-electron chi connectivity index (χ2n) is 4.98. The predicted molar refractivity (Wildman–Crippen MR) is 92.6 cm³/mol. The zero-order valence-electron chi connectivity index (χ0n) is 13.5. The van der Waals surface area contributed by atoms with Crippen LogP contribution < -0.4 is 10.0 Å². The lowest BCUT2D eigenvalue weighted by atomic mass is 10.2. The van der Waals surface area contributed by atoms with Crippen molar-refractivity contribution in [2.75, 3.05) is 5.32 Å². The summed E-state index contributed by atoms with van der Waals surface area (Å²) in [4.78, 5) is 15.4. The topological polar surface area (TPSA) is 140 Å². The zero-order chi connectivity index (χ0) is 18.6. The van der Waals surface area contributed by atoms with E-state index >= 15 is 0 Å². The standard InChI is InChI=1S/C14H14N6O4S2/c1-2-10(21)16-13-18-19-14(25-13)26(22,23)15-8-11-17-12(20-24-11)9-6-4-3-5-7-9/h3-7,15H,2,8H2,1H3,(H,16,18,21). The van der Waals surface area contributed by atoms with Gasteiger partial charge >= 0.3 is 0 Å². The van der Waals surface area contributed by atoms with Gasteiger partial charge in [0, 0.05) is 12.0 Å². The van der Waals surface area contributed by atoms with Crippen LogP contribution in [0.15, 0.2) is 39.2 Å². The van der Waals surface area contributed by atoms with E-state index in [4.69, 9.17) is 4.52 Å². The van der Waals surface area contributed by atoms with Crippen LogP contribution in [0.4, 0.5) is 5.13 Å². The van der Waals surface area contributed by atoms with Crippen LogP contribution in [0.1, 0.15) is 19.2 Å². The largest absolute Gasteiger partial charge is 0.338 e. The molecule has 2 aromatic heterocycles. The predicted octanol–water partition coefficient (Wildman–Crippen LogP) is 1.42. The van der Waals surface area contributed by atoms with Crippen molar-refractivity contribution in [3.05, 3.63) is 36.2 Å². The monoisotopic (exact) mass is 394 g/mol. The number of nitrogens with zero attached hydrogens (tertiary/aromatic N) is 4. The fourth-order valence-corrected chi connectivity index (χ4v) is 3.76. The molecule has 1 amide bonds. The molecule has 0 fully saturated rings. The van der Waals surface area contributed by atoms with Gasteiger partial charge in [-0.05, 0) is 0 Å². The van der Waals surface area contributed by atoms with Gasteiger partial charge in [0.1, 0.15) is 0 Å². The van der Waals surface area contributed by atoms with Crippen LogP contribution in [-0.2, 0) is 21.4 Å². The molecule has 0 bridgehead atoms. The summed E-state index contributed by atoms with van der Waals surface area (Å²) in [5, 5.41) is 13.6. The first-order chi connectivity index (χ1) is 12.5. The Kier molecular flexibility index (Phi) is 5.35. The second-order valence-corrected chi connectivity index (χ2v) is 7.90. The van der Waals surface area contributed by atoms with Gasteiger partial charge in [-0.15, -0.1) is 10.2 Å². The van der Waals surface area contributed by atoms with Crippen molar-refractivity contribution in [1.82, 2.24) is 25.1 Å². The third-order valence-corrected chi connectivity index (χ3v) is 5.72. The summed E-state index contributed by atoms with van der Waals surface area (Å²) in [6.45, 7) is 1.47. The van der Waals surface area contributed by atoms with Crippen molar-refractivity contribution in [3.63, 3.8) is 0 Å². The highest BCUT2D eigenvalue weighted by atomic mass is 32.2. The summed E-state index contributed by atoms with van der Waals surface area (Å²) in [6, 6.07) is 9.15. The summed E-state index contributed by atoms with van der Waals surface area (Å²) in [5.74, 6) is 0.189. The first kappa shape index (κ1) is 18.1. The molecule has 0 saturated carbocycles. The summed E-state index contributed by atoms with van der Waals surface area (Å²) in [7, 11) is -3.92. The van der Waals surface area contributed by atoms with E-state index < -0.39 is 10.0 Å². The van der Waals surface area contributed by atoms with Crippen molar-refractivity contribution in [3.8, 4) is 11.4 Å². The van der Waals surface area contributed by atoms with E-state index in [0.29, 0.717) is 5.82 Å². The average Bonchev–Trinajstić information content (AvgIpc) is 3.30. The van der Waals surface area contributed by atoms with Crippen molar-refractivity contribution < 1.29 is 17.7 Å². The van der Waals surface area contributed by atoms with E-state index in [1.807, 2.05) is 30.3 Å². The molecule has 3 rings (SSSR count). The van der Waals surface area contributed by atoms with Crippen LogP contribution in [0.2, 0.25) is 0 Å². The minimum Gasteiger partial charge on any atom is -0.338 e. The van der Waals surface area contributed by atoms with E-state index in [9.17, 15) is 13.2 Å². The molecule has 2 heterocycles. The fraction of sp³-hybridized carbons (Fsp3) is 0.214. The number of amides is 1. The number of benzene rings is 1. The zero-order valence-corrected chi connectivity index (χ0v) is 15.2. The van der Waals surface area contributed by atoms with Crippen LogP contribution in [0.5, 0.6) is 0 Å². The molecule has 0 radical (unpaired) electrons. The molecule has 0 atom stereocenters. The number of rotatable bonds is 7. The Hall–Kier alpha value is -2.70. The third kappa shape index (κ3) is 4.28. The van der Waals surface area contributed by atoms with Crippen LogP contribution in [-0.4, -0.2) is 34.7 Å². The summed E-state index contributed by atoms with van der Waals surface area (Å²) >= 11 is 0.749. The maximum atomic E-state index is 12.2. The Balaban J connectivity index is 1.65.